The van der Waals surface area contributed by atoms with Gasteiger partial charge in [-0.15, -0.1) is 0 Å². The average molecular weight is 309 g/mol. The minimum absolute atomic E-state index is 0.913. The van der Waals surface area contributed by atoms with Crippen LogP contribution >= 0.6 is 0 Å². The van der Waals surface area contributed by atoms with Crippen molar-refractivity contribution in [3.05, 3.63) is 46.5 Å². The Kier molecular flexibility index (Phi) is 3.53. The minimum Gasteiger partial charge on any atom is -0.497 e. The fourth-order valence-corrected chi connectivity index (χ4v) is 4.06. The average Bonchev–Trinajstić information content (AvgIpc) is 2.59. The Morgan fingerprint density at radius 2 is 1.78 bits per heavy atom. The van der Waals surface area contributed by atoms with E-state index in [1.807, 2.05) is 0 Å². The van der Waals surface area contributed by atoms with Crippen molar-refractivity contribution in [2.24, 2.45) is 0 Å². The van der Waals surface area contributed by atoms with Crippen LogP contribution in [-0.4, -0.2) is 32.7 Å². The van der Waals surface area contributed by atoms with Crippen molar-refractivity contribution in [1.82, 2.24) is 4.90 Å². The van der Waals surface area contributed by atoms with Gasteiger partial charge in [0.05, 0.1) is 14.2 Å². The maximum atomic E-state index is 5.78. The van der Waals surface area contributed by atoms with Gasteiger partial charge in [0.1, 0.15) is 11.5 Å². The number of ether oxygens (including phenoxy) is 2. The van der Waals surface area contributed by atoms with Crippen LogP contribution < -0.4 is 9.47 Å². The van der Waals surface area contributed by atoms with E-state index in [0.717, 1.165) is 43.9 Å². The Morgan fingerprint density at radius 1 is 0.913 bits per heavy atom. The van der Waals surface area contributed by atoms with Crippen molar-refractivity contribution in [1.29, 1.82) is 0 Å². The van der Waals surface area contributed by atoms with Gasteiger partial charge in [-0.25, -0.2) is 0 Å². The minimum atomic E-state index is 0.913. The second kappa shape index (κ2) is 5.57. The van der Waals surface area contributed by atoms with E-state index in [1.54, 1.807) is 19.8 Å². The number of hydrogen-bond acceptors (Lipinski definition) is 3. The molecule has 23 heavy (non-hydrogen) atoms. The summed E-state index contributed by atoms with van der Waals surface area (Å²) in [4.78, 5) is 2.38. The molecule has 0 saturated heterocycles. The summed E-state index contributed by atoms with van der Waals surface area (Å²) in [6, 6.07) is 8.67. The highest BCUT2D eigenvalue weighted by Gasteiger charge is 2.27. The molecular formula is C20H23NO2. The zero-order valence-electron chi connectivity index (χ0n) is 14.1. The van der Waals surface area contributed by atoms with Crippen LogP contribution in [0.2, 0.25) is 0 Å². The molecule has 0 amide bonds. The van der Waals surface area contributed by atoms with Gasteiger partial charge in [0.15, 0.2) is 0 Å². The number of nitrogens with zero attached hydrogens (tertiary/aromatic N) is 1. The first-order valence-electron chi connectivity index (χ1n) is 8.28. The molecule has 1 aliphatic carbocycles. The molecule has 2 aromatic rings. The predicted molar refractivity (Wildman–Crippen MR) is 92.4 cm³/mol. The van der Waals surface area contributed by atoms with E-state index >= 15 is 0 Å². The maximum absolute atomic E-state index is 5.78. The second-order valence-corrected chi connectivity index (χ2v) is 6.58. The molecule has 0 atom stereocenters. The predicted octanol–water partition coefficient (Wildman–Crippen LogP) is 3.46. The molecule has 0 N–H and O–H groups in total. The second-order valence-electron chi connectivity index (χ2n) is 6.58. The molecule has 0 spiro atoms. The number of hydrogen-bond donors (Lipinski definition) is 0. The number of likely N-dealkylation sites (N-methyl/N-ethyl adjacent to an activating group) is 1. The first-order chi connectivity index (χ1) is 11.2. The first-order valence-corrected chi connectivity index (χ1v) is 8.28. The molecule has 0 fully saturated rings. The van der Waals surface area contributed by atoms with Crippen molar-refractivity contribution in [3.63, 3.8) is 0 Å². The van der Waals surface area contributed by atoms with Gasteiger partial charge in [0, 0.05) is 18.7 Å². The number of rotatable bonds is 2. The fraction of sp³-hybridized carbons (Fsp3) is 0.400. The number of benzene rings is 2. The molecule has 0 radical (unpaired) electrons. The van der Waals surface area contributed by atoms with Crippen LogP contribution in [0.5, 0.6) is 11.5 Å². The van der Waals surface area contributed by atoms with Crippen molar-refractivity contribution < 1.29 is 9.47 Å². The molecular weight excluding hydrogens is 286 g/mol. The summed E-state index contributed by atoms with van der Waals surface area (Å²) in [5.41, 5.74) is 8.44. The number of fused-ring (bicyclic) bond motifs is 5. The third-order valence-corrected chi connectivity index (χ3v) is 5.24. The van der Waals surface area contributed by atoms with E-state index in [0.29, 0.717) is 0 Å². The summed E-state index contributed by atoms with van der Waals surface area (Å²) < 4.78 is 11.2. The molecule has 0 saturated carbocycles. The Morgan fingerprint density at radius 3 is 2.57 bits per heavy atom. The van der Waals surface area contributed by atoms with Crippen molar-refractivity contribution in [2.75, 3.05) is 27.8 Å². The summed E-state index contributed by atoms with van der Waals surface area (Å²) >= 11 is 0. The zero-order valence-corrected chi connectivity index (χ0v) is 14.1. The lowest BCUT2D eigenvalue weighted by atomic mass is 9.79. The van der Waals surface area contributed by atoms with Crippen LogP contribution in [0, 0.1) is 0 Å². The van der Waals surface area contributed by atoms with E-state index in [9.17, 15) is 0 Å². The van der Waals surface area contributed by atoms with Crippen LogP contribution in [0.4, 0.5) is 0 Å². The van der Waals surface area contributed by atoms with Crippen molar-refractivity contribution in [3.8, 4) is 22.6 Å². The van der Waals surface area contributed by atoms with Gasteiger partial charge in [-0.05, 0) is 72.3 Å². The van der Waals surface area contributed by atoms with Gasteiger partial charge >= 0.3 is 0 Å². The van der Waals surface area contributed by atoms with Crippen LogP contribution in [0.3, 0.4) is 0 Å². The highest BCUT2D eigenvalue weighted by Crippen LogP contribution is 2.45. The van der Waals surface area contributed by atoms with Gasteiger partial charge in [-0.3, -0.25) is 0 Å². The number of aryl methyl sites for hydroxylation is 1. The Balaban J connectivity index is 1.96. The smallest absolute Gasteiger partial charge is 0.127 e. The van der Waals surface area contributed by atoms with Gasteiger partial charge in [0.2, 0.25) is 0 Å². The van der Waals surface area contributed by atoms with Crippen molar-refractivity contribution >= 4 is 0 Å². The van der Waals surface area contributed by atoms with Gasteiger partial charge < -0.3 is 14.4 Å². The summed E-state index contributed by atoms with van der Waals surface area (Å²) in [5.74, 6) is 1.92. The molecule has 1 heterocycles. The lowest BCUT2D eigenvalue weighted by Gasteiger charge is -2.32. The highest BCUT2D eigenvalue weighted by atomic mass is 16.5. The topological polar surface area (TPSA) is 21.7 Å². The van der Waals surface area contributed by atoms with Gasteiger partial charge in [-0.1, -0.05) is 6.07 Å². The molecule has 0 bridgehead atoms. The van der Waals surface area contributed by atoms with Crippen LogP contribution in [0.1, 0.15) is 22.3 Å². The normalized spacial score (nSPS) is 16.3. The van der Waals surface area contributed by atoms with E-state index in [1.165, 1.54) is 27.8 Å². The van der Waals surface area contributed by atoms with Crippen LogP contribution in [0.15, 0.2) is 24.3 Å². The number of methoxy groups -OCH3 is 2. The monoisotopic (exact) mass is 309 g/mol. The fourth-order valence-electron chi connectivity index (χ4n) is 4.06. The lowest BCUT2D eigenvalue weighted by molar-refractivity contribution is 0.310. The van der Waals surface area contributed by atoms with Gasteiger partial charge in [0.25, 0.3) is 0 Å². The Hall–Kier alpha value is -2.00. The highest BCUT2D eigenvalue weighted by molar-refractivity contribution is 5.81. The molecule has 120 valence electrons. The third kappa shape index (κ3) is 2.31. The maximum Gasteiger partial charge on any atom is 0.127 e. The van der Waals surface area contributed by atoms with E-state index in [2.05, 4.69) is 36.2 Å². The molecule has 0 unspecified atom stereocenters. The van der Waals surface area contributed by atoms with E-state index < -0.39 is 0 Å². The van der Waals surface area contributed by atoms with Crippen LogP contribution in [0.25, 0.3) is 11.1 Å². The van der Waals surface area contributed by atoms with Crippen molar-refractivity contribution in [2.45, 2.75) is 25.8 Å². The van der Waals surface area contributed by atoms with Crippen LogP contribution in [-0.2, 0) is 25.8 Å². The lowest BCUT2D eigenvalue weighted by Crippen LogP contribution is -2.28. The SMILES string of the molecule is COc1ccc2c(c1)-c1c(OC)cc3c(c1CC2)CCN(C)C3. The molecule has 0 aromatic heterocycles. The molecule has 3 nitrogen and oxygen atoms in total. The molecule has 2 aromatic carbocycles. The molecule has 2 aliphatic rings. The first kappa shape index (κ1) is 14.6. The Bertz CT molecular complexity index is 767. The molecule has 3 heteroatoms. The molecule has 1 aliphatic heterocycles. The Labute approximate surface area is 137 Å². The van der Waals surface area contributed by atoms with E-state index in [-0.39, 0.29) is 0 Å². The zero-order chi connectivity index (χ0) is 16.0. The summed E-state index contributed by atoms with van der Waals surface area (Å²) in [5, 5.41) is 0. The van der Waals surface area contributed by atoms with Gasteiger partial charge in [-0.2, -0.15) is 0 Å². The third-order valence-electron chi connectivity index (χ3n) is 5.24. The standard InChI is InChI=1S/C20H23NO2/c1-21-9-8-16-14(12-21)10-19(23-3)20-17(16)7-5-13-4-6-15(22-2)11-18(13)20/h4,6,10-11H,5,7-9,12H2,1-3H3. The summed E-state index contributed by atoms with van der Waals surface area (Å²) in [6.07, 6.45) is 3.34. The quantitative estimate of drug-likeness (QED) is 0.848. The largest absolute Gasteiger partial charge is 0.497 e. The summed E-state index contributed by atoms with van der Waals surface area (Å²) in [7, 11) is 5.70. The molecule has 4 rings (SSSR count). The van der Waals surface area contributed by atoms with E-state index in [4.69, 9.17) is 9.47 Å². The summed E-state index contributed by atoms with van der Waals surface area (Å²) in [6.45, 7) is 2.15.